The predicted octanol–water partition coefficient (Wildman–Crippen LogP) is 2.80. The van der Waals surface area contributed by atoms with Crippen molar-refractivity contribution in [3.8, 4) is 5.75 Å². The molecule has 0 aliphatic carbocycles. The Morgan fingerprint density at radius 3 is 2.68 bits per heavy atom. The average Bonchev–Trinajstić information content (AvgIpc) is 2.27. The first-order valence-electron chi connectivity index (χ1n) is 6.30. The summed E-state index contributed by atoms with van der Waals surface area (Å²) in [4.78, 5) is 11.5. The molecule has 19 heavy (non-hydrogen) atoms. The van der Waals surface area contributed by atoms with E-state index in [1.165, 1.54) is 0 Å². The van der Waals surface area contributed by atoms with Crippen molar-refractivity contribution in [2.45, 2.75) is 39.3 Å². The van der Waals surface area contributed by atoms with Gasteiger partial charge < -0.3 is 15.2 Å². The van der Waals surface area contributed by atoms with Crippen LogP contribution >= 0.6 is 15.9 Å². The Morgan fingerprint density at radius 1 is 1.42 bits per heavy atom. The highest BCUT2D eigenvalue weighted by Crippen LogP contribution is 2.28. The fourth-order valence-corrected chi connectivity index (χ4v) is 1.97. The Kier molecular flexibility index (Phi) is 6.31. The summed E-state index contributed by atoms with van der Waals surface area (Å²) in [6, 6.07) is 5.58. The van der Waals surface area contributed by atoms with E-state index < -0.39 is 6.10 Å². The van der Waals surface area contributed by atoms with Crippen molar-refractivity contribution in [1.29, 1.82) is 0 Å². The summed E-state index contributed by atoms with van der Waals surface area (Å²) in [5, 5.41) is 12.4. The highest BCUT2D eigenvalue weighted by molar-refractivity contribution is 9.10. The molecular formula is C14H20BrNO3. The maximum absolute atomic E-state index is 11.5. The Labute approximate surface area is 122 Å². The number of nitrogens with one attached hydrogen (secondary N) is 1. The van der Waals surface area contributed by atoms with Gasteiger partial charge in [0, 0.05) is 16.1 Å². The van der Waals surface area contributed by atoms with Crippen molar-refractivity contribution in [3.05, 3.63) is 28.2 Å². The largest absolute Gasteiger partial charge is 0.493 e. The normalized spacial score (nSPS) is 12.3. The zero-order valence-electron chi connectivity index (χ0n) is 11.4. The molecule has 4 nitrogen and oxygen atoms in total. The molecule has 1 aromatic rings. The lowest BCUT2D eigenvalue weighted by Gasteiger charge is -2.14. The van der Waals surface area contributed by atoms with Gasteiger partial charge in [-0.25, -0.2) is 0 Å². The Balaban J connectivity index is 2.57. The molecule has 0 saturated carbocycles. The highest BCUT2D eigenvalue weighted by atomic mass is 79.9. The van der Waals surface area contributed by atoms with Crippen LogP contribution in [0.15, 0.2) is 22.7 Å². The van der Waals surface area contributed by atoms with Crippen LogP contribution in [0.2, 0.25) is 0 Å². The van der Waals surface area contributed by atoms with Crippen molar-refractivity contribution < 1.29 is 14.6 Å². The van der Waals surface area contributed by atoms with Crippen LogP contribution in [0.4, 0.5) is 0 Å². The summed E-state index contributed by atoms with van der Waals surface area (Å²) in [5.41, 5.74) is 0.715. The van der Waals surface area contributed by atoms with Gasteiger partial charge >= 0.3 is 0 Å². The second kappa shape index (κ2) is 7.50. The number of ether oxygens (including phenoxy) is 1. The number of aliphatic hydroxyl groups excluding tert-OH is 1. The van der Waals surface area contributed by atoms with Crippen molar-refractivity contribution >= 4 is 21.8 Å². The lowest BCUT2D eigenvalue weighted by Crippen LogP contribution is -2.31. The van der Waals surface area contributed by atoms with Crippen molar-refractivity contribution in [2.24, 2.45) is 0 Å². The number of hydrogen-bond acceptors (Lipinski definition) is 3. The molecule has 0 heterocycles. The molecular weight excluding hydrogens is 310 g/mol. The molecule has 1 amide bonds. The van der Waals surface area contributed by atoms with Gasteiger partial charge in [-0.1, -0.05) is 22.0 Å². The summed E-state index contributed by atoms with van der Waals surface area (Å²) in [6.45, 7) is 5.80. The van der Waals surface area contributed by atoms with E-state index in [0.29, 0.717) is 17.7 Å². The molecule has 0 aliphatic heterocycles. The van der Waals surface area contributed by atoms with E-state index in [2.05, 4.69) is 21.2 Å². The maximum atomic E-state index is 11.5. The molecule has 1 rings (SSSR count). The molecule has 0 unspecified atom stereocenters. The fraction of sp³-hybridized carbons (Fsp3) is 0.500. The fourth-order valence-electron chi connectivity index (χ4n) is 1.63. The van der Waals surface area contributed by atoms with Gasteiger partial charge in [0.25, 0.3) is 0 Å². The topological polar surface area (TPSA) is 58.6 Å². The van der Waals surface area contributed by atoms with Crippen LogP contribution in [0, 0.1) is 0 Å². The smallest absolute Gasteiger partial charge is 0.223 e. The number of aliphatic hydroxyl groups is 1. The minimum atomic E-state index is -0.604. The second-order valence-corrected chi connectivity index (χ2v) is 5.59. The van der Waals surface area contributed by atoms with Gasteiger partial charge in [-0.15, -0.1) is 0 Å². The highest BCUT2D eigenvalue weighted by Gasteiger charge is 2.10. The van der Waals surface area contributed by atoms with E-state index in [9.17, 15) is 9.90 Å². The molecule has 0 saturated heterocycles. The summed E-state index contributed by atoms with van der Waals surface area (Å²) < 4.78 is 6.45. The van der Waals surface area contributed by atoms with E-state index in [4.69, 9.17) is 4.74 Å². The molecule has 106 valence electrons. The number of carbonyl (C=O) groups is 1. The third kappa shape index (κ3) is 5.61. The Bertz CT molecular complexity index is 433. The van der Waals surface area contributed by atoms with Crippen LogP contribution in [0.5, 0.6) is 5.75 Å². The lowest BCUT2D eigenvalue weighted by molar-refractivity contribution is -0.122. The number of hydrogen-bond donors (Lipinski definition) is 2. The SMILES string of the molecule is CC(C)NC(=O)CCOc1cc(Br)ccc1[C@@H](C)O. The molecule has 1 atom stereocenters. The van der Waals surface area contributed by atoms with Crippen LogP contribution in [-0.2, 0) is 4.79 Å². The second-order valence-electron chi connectivity index (χ2n) is 4.68. The van der Waals surface area contributed by atoms with Crippen molar-refractivity contribution in [1.82, 2.24) is 5.32 Å². The number of amides is 1. The zero-order valence-corrected chi connectivity index (χ0v) is 13.0. The minimum Gasteiger partial charge on any atom is -0.493 e. The Morgan fingerprint density at radius 2 is 2.11 bits per heavy atom. The molecule has 0 radical (unpaired) electrons. The first kappa shape index (κ1) is 16.0. The average molecular weight is 330 g/mol. The van der Waals surface area contributed by atoms with Gasteiger partial charge in [-0.2, -0.15) is 0 Å². The van der Waals surface area contributed by atoms with Crippen LogP contribution in [0.3, 0.4) is 0 Å². The maximum Gasteiger partial charge on any atom is 0.223 e. The van der Waals surface area contributed by atoms with Crippen LogP contribution in [0.25, 0.3) is 0 Å². The number of benzene rings is 1. The summed E-state index contributed by atoms with van der Waals surface area (Å²) in [7, 11) is 0. The molecule has 5 heteroatoms. The molecule has 2 N–H and O–H groups in total. The van der Waals surface area contributed by atoms with Gasteiger partial charge in [0.1, 0.15) is 5.75 Å². The van der Waals surface area contributed by atoms with E-state index in [-0.39, 0.29) is 18.6 Å². The Hall–Kier alpha value is -1.07. The van der Waals surface area contributed by atoms with E-state index in [1.54, 1.807) is 19.1 Å². The molecule has 0 bridgehead atoms. The van der Waals surface area contributed by atoms with Crippen LogP contribution in [0.1, 0.15) is 38.9 Å². The summed E-state index contributed by atoms with van der Waals surface area (Å²) in [6.07, 6.45) is -0.309. The van der Waals surface area contributed by atoms with Gasteiger partial charge in [0.2, 0.25) is 5.91 Å². The monoisotopic (exact) mass is 329 g/mol. The number of halogens is 1. The molecule has 0 aromatic heterocycles. The lowest BCUT2D eigenvalue weighted by atomic mass is 10.1. The minimum absolute atomic E-state index is 0.0383. The zero-order chi connectivity index (χ0) is 14.4. The summed E-state index contributed by atoms with van der Waals surface area (Å²) in [5.74, 6) is 0.560. The number of carbonyl (C=O) groups excluding carboxylic acids is 1. The number of rotatable bonds is 6. The van der Waals surface area contributed by atoms with Crippen LogP contribution < -0.4 is 10.1 Å². The van der Waals surface area contributed by atoms with Gasteiger partial charge in [0.15, 0.2) is 0 Å². The quantitative estimate of drug-likeness (QED) is 0.843. The van der Waals surface area contributed by atoms with E-state index in [0.717, 1.165) is 4.47 Å². The van der Waals surface area contributed by atoms with E-state index in [1.807, 2.05) is 19.9 Å². The van der Waals surface area contributed by atoms with E-state index >= 15 is 0 Å². The molecule has 0 fully saturated rings. The third-order valence-corrected chi connectivity index (χ3v) is 2.96. The van der Waals surface area contributed by atoms with Gasteiger partial charge in [0.05, 0.1) is 19.1 Å². The first-order valence-corrected chi connectivity index (χ1v) is 7.09. The summed E-state index contributed by atoms with van der Waals surface area (Å²) >= 11 is 3.36. The predicted molar refractivity (Wildman–Crippen MR) is 78.2 cm³/mol. The molecule has 0 aliphatic rings. The first-order chi connectivity index (χ1) is 8.90. The van der Waals surface area contributed by atoms with Gasteiger partial charge in [-0.3, -0.25) is 4.79 Å². The standard InChI is InChI=1S/C14H20BrNO3/c1-9(2)16-14(18)6-7-19-13-8-11(15)4-5-12(13)10(3)17/h4-5,8-10,17H,6-7H2,1-3H3,(H,16,18)/t10-/m1/s1. The van der Waals surface area contributed by atoms with Crippen LogP contribution in [-0.4, -0.2) is 23.7 Å². The molecule has 0 spiro atoms. The van der Waals surface area contributed by atoms with Crippen molar-refractivity contribution in [3.63, 3.8) is 0 Å². The van der Waals surface area contributed by atoms with Gasteiger partial charge in [-0.05, 0) is 32.9 Å². The van der Waals surface area contributed by atoms with Crippen molar-refractivity contribution in [2.75, 3.05) is 6.61 Å². The molecule has 1 aromatic carbocycles. The third-order valence-electron chi connectivity index (χ3n) is 2.46.